The third-order valence-corrected chi connectivity index (χ3v) is 3.90. The molecular weight excluding hydrogens is 300 g/mol. The van der Waals surface area contributed by atoms with E-state index >= 15 is 0 Å². The summed E-state index contributed by atoms with van der Waals surface area (Å²) in [7, 11) is 0. The van der Waals surface area contributed by atoms with Crippen molar-refractivity contribution in [3.05, 3.63) is 21.1 Å². The maximum absolute atomic E-state index is 6.00. The van der Waals surface area contributed by atoms with E-state index in [1.807, 2.05) is 18.4 Å². The van der Waals surface area contributed by atoms with Crippen molar-refractivity contribution in [2.45, 2.75) is 18.7 Å². The van der Waals surface area contributed by atoms with E-state index in [2.05, 4.69) is 26.1 Å². The molecule has 0 aliphatic rings. The average molecular weight is 308 g/mol. The van der Waals surface area contributed by atoms with E-state index in [9.17, 15) is 0 Å². The van der Waals surface area contributed by atoms with Crippen LogP contribution in [0.15, 0.2) is 19.8 Å². The van der Waals surface area contributed by atoms with Crippen LogP contribution in [-0.2, 0) is 0 Å². The van der Waals surface area contributed by atoms with Crippen LogP contribution in [0.5, 0.6) is 0 Å². The van der Waals surface area contributed by atoms with Gasteiger partial charge in [0.1, 0.15) is 0 Å². The molecule has 3 nitrogen and oxygen atoms in total. The molecular formula is C9H8BrClN2OS. The van der Waals surface area contributed by atoms with E-state index in [1.54, 1.807) is 11.3 Å². The Morgan fingerprint density at radius 3 is 3.07 bits per heavy atom. The second-order valence-corrected chi connectivity index (χ2v) is 5.79. The van der Waals surface area contributed by atoms with Gasteiger partial charge in [0.15, 0.2) is 5.82 Å². The average Bonchev–Trinajstić information content (AvgIpc) is 2.84. The number of thiophene rings is 1. The summed E-state index contributed by atoms with van der Waals surface area (Å²) < 4.78 is 6.16. The molecule has 0 aliphatic heterocycles. The first-order valence-corrected chi connectivity index (χ1v) is 6.53. The van der Waals surface area contributed by atoms with E-state index in [0.29, 0.717) is 11.7 Å². The summed E-state index contributed by atoms with van der Waals surface area (Å²) in [6, 6.07) is 1.94. The fourth-order valence-corrected chi connectivity index (χ4v) is 2.30. The topological polar surface area (TPSA) is 38.9 Å². The Labute approximate surface area is 105 Å². The first-order chi connectivity index (χ1) is 7.20. The highest BCUT2D eigenvalue weighted by atomic mass is 79.9. The highest BCUT2D eigenvalue weighted by Crippen LogP contribution is 2.29. The summed E-state index contributed by atoms with van der Waals surface area (Å²) in [6.45, 7) is 1.98. The predicted octanol–water partition coefficient (Wildman–Crippen LogP) is 4.25. The van der Waals surface area contributed by atoms with Crippen molar-refractivity contribution in [1.29, 1.82) is 0 Å². The van der Waals surface area contributed by atoms with Gasteiger partial charge in [0, 0.05) is 5.38 Å². The lowest BCUT2D eigenvalue weighted by atomic mass is 10.3. The van der Waals surface area contributed by atoms with Crippen molar-refractivity contribution in [3.8, 4) is 11.5 Å². The number of hydrogen-bond acceptors (Lipinski definition) is 4. The molecule has 0 saturated carbocycles. The lowest BCUT2D eigenvalue weighted by Gasteiger charge is -1.95. The van der Waals surface area contributed by atoms with Crippen molar-refractivity contribution in [1.82, 2.24) is 10.1 Å². The van der Waals surface area contributed by atoms with Gasteiger partial charge < -0.3 is 4.52 Å². The van der Waals surface area contributed by atoms with Crippen LogP contribution in [0.4, 0.5) is 0 Å². The maximum atomic E-state index is 6.00. The van der Waals surface area contributed by atoms with E-state index in [-0.39, 0.29) is 5.38 Å². The zero-order valence-electron chi connectivity index (χ0n) is 7.91. The molecule has 2 aromatic rings. The molecule has 0 amide bonds. The molecule has 1 atom stereocenters. The summed E-state index contributed by atoms with van der Waals surface area (Å²) in [5.74, 6) is 1.07. The molecule has 2 heterocycles. The Morgan fingerprint density at radius 1 is 1.67 bits per heavy atom. The van der Waals surface area contributed by atoms with Crippen LogP contribution in [0.1, 0.15) is 24.5 Å². The molecule has 0 saturated heterocycles. The number of nitrogens with zero attached hydrogens (tertiary/aromatic N) is 2. The second-order valence-electron chi connectivity index (χ2n) is 2.97. The molecule has 80 valence electrons. The van der Waals surface area contributed by atoms with Gasteiger partial charge in [-0.25, -0.2) is 0 Å². The zero-order valence-corrected chi connectivity index (χ0v) is 11.1. The third-order valence-electron chi connectivity index (χ3n) is 1.89. The van der Waals surface area contributed by atoms with Gasteiger partial charge >= 0.3 is 0 Å². The van der Waals surface area contributed by atoms with Gasteiger partial charge in [0.05, 0.1) is 14.7 Å². The molecule has 6 heteroatoms. The number of rotatable bonds is 3. The Kier molecular flexibility index (Phi) is 3.43. The SMILES string of the molecule is CCC(Cl)c1noc(-c2csc(Br)c2)n1. The van der Waals surface area contributed by atoms with Crippen LogP contribution < -0.4 is 0 Å². The summed E-state index contributed by atoms with van der Waals surface area (Å²) >= 11 is 11.0. The zero-order chi connectivity index (χ0) is 10.8. The normalized spacial score (nSPS) is 13.0. The van der Waals surface area contributed by atoms with E-state index < -0.39 is 0 Å². The summed E-state index contributed by atoms with van der Waals surface area (Å²) in [5.41, 5.74) is 0.922. The van der Waals surface area contributed by atoms with Crippen molar-refractivity contribution in [2.24, 2.45) is 0 Å². The monoisotopic (exact) mass is 306 g/mol. The Balaban J connectivity index is 2.27. The van der Waals surface area contributed by atoms with Gasteiger partial charge in [-0.2, -0.15) is 4.98 Å². The summed E-state index contributed by atoms with van der Waals surface area (Å²) in [5, 5.41) is 5.62. The lowest BCUT2D eigenvalue weighted by Crippen LogP contribution is -1.90. The minimum Gasteiger partial charge on any atom is -0.334 e. The van der Waals surface area contributed by atoms with Gasteiger partial charge in [0.2, 0.25) is 0 Å². The van der Waals surface area contributed by atoms with Crippen molar-refractivity contribution < 1.29 is 4.52 Å². The number of hydrogen-bond donors (Lipinski definition) is 0. The molecule has 0 bridgehead atoms. The van der Waals surface area contributed by atoms with Crippen LogP contribution in [0.3, 0.4) is 0 Å². The van der Waals surface area contributed by atoms with Gasteiger partial charge in [0.25, 0.3) is 5.89 Å². The number of aromatic nitrogens is 2. The molecule has 0 aromatic carbocycles. The van der Waals surface area contributed by atoms with Crippen LogP contribution in [0.2, 0.25) is 0 Å². The second kappa shape index (κ2) is 4.63. The molecule has 2 aromatic heterocycles. The molecule has 2 rings (SSSR count). The Bertz CT molecular complexity index is 456. The van der Waals surface area contributed by atoms with Crippen LogP contribution in [0, 0.1) is 0 Å². The van der Waals surface area contributed by atoms with Gasteiger partial charge in [-0.1, -0.05) is 12.1 Å². The molecule has 1 unspecified atom stereocenters. The van der Waals surface area contributed by atoms with Crippen molar-refractivity contribution >= 4 is 38.9 Å². The number of alkyl halides is 1. The predicted molar refractivity (Wildman–Crippen MR) is 64.2 cm³/mol. The quantitative estimate of drug-likeness (QED) is 0.796. The standard InChI is InChI=1S/C9H8BrClN2OS/c1-2-6(11)8-12-9(14-13-8)5-3-7(10)15-4-5/h3-4,6H,2H2,1H3. The molecule has 0 N–H and O–H groups in total. The molecule has 15 heavy (non-hydrogen) atoms. The fraction of sp³-hybridized carbons (Fsp3) is 0.333. The molecule has 0 fully saturated rings. The minimum atomic E-state index is -0.176. The Hall–Kier alpha value is -0.390. The van der Waals surface area contributed by atoms with E-state index in [1.165, 1.54) is 0 Å². The minimum absolute atomic E-state index is 0.176. The Morgan fingerprint density at radius 2 is 2.47 bits per heavy atom. The van der Waals surface area contributed by atoms with Crippen molar-refractivity contribution in [2.75, 3.05) is 0 Å². The largest absolute Gasteiger partial charge is 0.334 e. The summed E-state index contributed by atoms with van der Waals surface area (Å²) in [6.07, 6.45) is 0.786. The first kappa shape index (κ1) is 11.1. The maximum Gasteiger partial charge on any atom is 0.258 e. The van der Waals surface area contributed by atoms with Crippen LogP contribution >= 0.6 is 38.9 Å². The van der Waals surface area contributed by atoms with Gasteiger partial charge in [-0.15, -0.1) is 22.9 Å². The van der Waals surface area contributed by atoms with Crippen LogP contribution in [-0.4, -0.2) is 10.1 Å². The van der Waals surface area contributed by atoms with E-state index in [0.717, 1.165) is 15.8 Å². The van der Waals surface area contributed by atoms with Crippen LogP contribution in [0.25, 0.3) is 11.5 Å². The highest BCUT2D eigenvalue weighted by Gasteiger charge is 2.15. The summed E-state index contributed by atoms with van der Waals surface area (Å²) in [4.78, 5) is 4.24. The molecule has 0 radical (unpaired) electrons. The smallest absolute Gasteiger partial charge is 0.258 e. The number of halogens is 2. The fourth-order valence-electron chi connectivity index (χ4n) is 1.08. The molecule has 0 aliphatic carbocycles. The first-order valence-electron chi connectivity index (χ1n) is 4.42. The molecule has 0 spiro atoms. The van der Waals surface area contributed by atoms with Crippen molar-refractivity contribution in [3.63, 3.8) is 0 Å². The van der Waals surface area contributed by atoms with Gasteiger partial charge in [-0.3, -0.25) is 0 Å². The van der Waals surface area contributed by atoms with Gasteiger partial charge in [-0.05, 0) is 28.4 Å². The highest BCUT2D eigenvalue weighted by molar-refractivity contribution is 9.11. The lowest BCUT2D eigenvalue weighted by molar-refractivity contribution is 0.421. The van der Waals surface area contributed by atoms with E-state index in [4.69, 9.17) is 16.1 Å². The third kappa shape index (κ3) is 2.41.